The Balaban J connectivity index is 1.97. The summed E-state index contributed by atoms with van der Waals surface area (Å²) in [4.78, 5) is 14.6. The predicted molar refractivity (Wildman–Crippen MR) is 99.4 cm³/mol. The van der Waals surface area contributed by atoms with Gasteiger partial charge in [-0.3, -0.25) is 4.79 Å². The number of benzene rings is 1. The lowest BCUT2D eigenvalue weighted by Crippen LogP contribution is -2.39. The molecule has 2 rings (SSSR count). The molecule has 0 radical (unpaired) electrons. The fraction of sp³-hybridized carbons (Fsp3) is 0.650. The molecule has 1 aromatic carbocycles. The van der Waals surface area contributed by atoms with Crippen molar-refractivity contribution in [1.82, 2.24) is 4.90 Å². The number of anilines is 1. The maximum atomic E-state index is 12.7. The lowest BCUT2D eigenvalue weighted by molar-refractivity contribution is 0.0651. The number of amides is 1. The summed E-state index contributed by atoms with van der Waals surface area (Å²) >= 11 is 0. The van der Waals surface area contributed by atoms with E-state index in [2.05, 4.69) is 19.2 Å². The van der Waals surface area contributed by atoms with E-state index in [1.807, 2.05) is 29.2 Å². The van der Waals surface area contributed by atoms with Gasteiger partial charge in [-0.2, -0.15) is 0 Å². The highest BCUT2D eigenvalue weighted by atomic mass is 16.3. The van der Waals surface area contributed by atoms with Gasteiger partial charge >= 0.3 is 0 Å². The molecule has 1 saturated heterocycles. The Bertz CT molecular complexity index is 510. The second kappa shape index (κ2) is 9.67. The fourth-order valence-corrected chi connectivity index (χ4v) is 3.31. The largest absolute Gasteiger partial charge is 0.396 e. The highest BCUT2D eigenvalue weighted by Gasteiger charge is 2.23. The Morgan fingerprint density at radius 2 is 2.08 bits per heavy atom. The van der Waals surface area contributed by atoms with Crippen LogP contribution in [0.4, 0.5) is 5.69 Å². The van der Waals surface area contributed by atoms with Gasteiger partial charge in [-0.15, -0.1) is 0 Å². The highest BCUT2D eigenvalue weighted by molar-refractivity contribution is 5.95. The number of hydrogen-bond acceptors (Lipinski definition) is 3. The average Bonchev–Trinajstić information content (AvgIpc) is 2.64. The molecule has 1 aliphatic heterocycles. The molecule has 134 valence electrons. The summed E-state index contributed by atoms with van der Waals surface area (Å²) in [5.41, 5.74) is 1.79. The molecular weight excluding hydrogens is 300 g/mol. The summed E-state index contributed by atoms with van der Waals surface area (Å²) in [6, 6.07) is 8.36. The van der Waals surface area contributed by atoms with Crippen molar-refractivity contribution in [1.29, 1.82) is 0 Å². The Kier molecular flexibility index (Phi) is 7.57. The molecular formula is C20H32N2O2. The number of rotatable bonds is 8. The Hall–Kier alpha value is -1.55. The monoisotopic (exact) mass is 332 g/mol. The first kappa shape index (κ1) is 18.8. The van der Waals surface area contributed by atoms with Crippen LogP contribution in [0.5, 0.6) is 0 Å². The van der Waals surface area contributed by atoms with Crippen LogP contribution < -0.4 is 5.32 Å². The number of aliphatic hydroxyl groups is 1. The molecule has 4 nitrogen and oxygen atoms in total. The van der Waals surface area contributed by atoms with Crippen molar-refractivity contribution >= 4 is 11.6 Å². The van der Waals surface area contributed by atoms with Crippen molar-refractivity contribution in [2.75, 3.05) is 25.0 Å². The van der Waals surface area contributed by atoms with Crippen LogP contribution in [0.1, 0.15) is 62.7 Å². The molecule has 1 aliphatic rings. The van der Waals surface area contributed by atoms with Crippen LogP contribution in [0.2, 0.25) is 0 Å². The van der Waals surface area contributed by atoms with Gasteiger partial charge in [0.15, 0.2) is 0 Å². The first-order valence-corrected chi connectivity index (χ1v) is 9.44. The second-order valence-electron chi connectivity index (χ2n) is 6.89. The summed E-state index contributed by atoms with van der Waals surface area (Å²) in [5.74, 6) is 0.461. The third-order valence-electron chi connectivity index (χ3n) is 5.04. The van der Waals surface area contributed by atoms with Crippen LogP contribution in [0.3, 0.4) is 0 Å². The van der Waals surface area contributed by atoms with Gasteiger partial charge < -0.3 is 15.3 Å². The number of piperidine rings is 1. The van der Waals surface area contributed by atoms with Gasteiger partial charge in [0.25, 0.3) is 5.91 Å². The second-order valence-corrected chi connectivity index (χ2v) is 6.89. The third kappa shape index (κ3) is 5.23. The first-order chi connectivity index (χ1) is 11.7. The van der Waals surface area contributed by atoms with E-state index < -0.39 is 0 Å². The lowest BCUT2D eigenvalue weighted by atomic mass is 9.97. The van der Waals surface area contributed by atoms with E-state index in [0.29, 0.717) is 12.0 Å². The number of aliphatic hydroxyl groups excluding tert-OH is 1. The van der Waals surface area contributed by atoms with Gasteiger partial charge in [0.2, 0.25) is 0 Å². The van der Waals surface area contributed by atoms with Crippen LogP contribution in [0.25, 0.3) is 0 Å². The van der Waals surface area contributed by atoms with E-state index in [1.165, 1.54) is 19.3 Å². The number of nitrogens with one attached hydrogen (secondary N) is 1. The number of hydrogen-bond donors (Lipinski definition) is 2. The molecule has 1 heterocycles. The van der Waals surface area contributed by atoms with Crippen LogP contribution in [-0.2, 0) is 0 Å². The predicted octanol–water partition coefficient (Wildman–Crippen LogP) is 3.91. The molecule has 1 aromatic rings. The maximum absolute atomic E-state index is 12.7. The van der Waals surface area contributed by atoms with Gasteiger partial charge in [-0.05, 0) is 49.8 Å². The van der Waals surface area contributed by atoms with E-state index in [-0.39, 0.29) is 12.5 Å². The SMILES string of the molecule is CCCCC(CC)Nc1cccc(C(=O)N2CCC(CO)CC2)c1. The van der Waals surface area contributed by atoms with Crippen LogP contribution in [-0.4, -0.2) is 41.7 Å². The standard InChI is InChI=1S/C20H32N2O2/c1-3-5-8-18(4-2)21-19-9-6-7-17(14-19)20(24)22-12-10-16(15-23)11-13-22/h6-7,9,14,16,18,21,23H,3-5,8,10-13,15H2,1-2H3. The summed E-state index contributed by atoms with van der Waals surface area (Å²) in [6.07, 6.45) is 6.49. The Morgan fingerprint density at radius 3 is 2.71 bits per heavy atom. The van der Waals surface area contributed by atoms with Crippen LogP contribution in [0.15, 0.2) is 24.3 Å². The van der Waals surface area contributed by atoms with E-state index >= 15 is 0 Å². The quantitative estimate of drug-likeness (QED) is 0.759. The Labute approximate surface area is 146 Å². The molecule has 4 heteroatoms. The van der Waals surface area contributed by atoms with E-state index in [4.69, 9.17) is 0 Å². The maximum Gasteiger partial charge on any atom is 0.253 e. The summed E-state index contributed by atoms with van der Waals surface area (Å²) in [5, 5.41) is 12.8. The highest BCUT2D eigenvalue weighted by Crippen LogP contribution is 2.21. The van der Waals surface area contributed by atoms with E-state index in [0.717, 1.165) is 43.6 Å². The van der Waals surface area contributed by atoms with Crippen molar-refractivity contribution in [2.45, 2.75) is 58.4 Å². The van der Waals surface area contributed by atoms with Gasteiger partial charge in [0.1, 0.15) is 0 Å². The minimum absolute atomic E-state index is 0.108. The smallest absolute Gasteiger partial charge is 0.253 e. The number of unbranched alkanes of at least 4 members (excludes halogenated alkanes) is 1. The van der Waals surface area contributed by atoms with Gasteiger partial charge in [-0.1, -0.05) is 32.8 Å². The zero-order valence-corrected chi connectivity index (χ0v) is 15.1. The summed E-state index contributed by atoms with van der Waals surface area (Å²) in [7, 11) is 0. The van der Waals surface area contributed by atoms with E-state index in [1.54, 1.807) is 0 Å². The normalized spacial score (nSPS) is 16.9. The third-order valence-corrected chi connectivity index (χ3v) is 5.04. The topological polar surface area (TPSA) is 52.6 Å². The minimum atomic E-state index is 0.108. The molecule has 0 aromatic heterocycles. The number of carbonyl (C=O) groups is 1. The van der Waals surface area contributed by atoms with Crippen LogP contribution >= 0.6 is 0 Å². The fourth-order valence-electron chi connectivity index (χ4n) is 3.31. The van der Waals surface area contributed by atoms with Crippen molar-refractivity contribution in [2.24, 2.45) is 5.92 Å². The molecule has 1 fully saturated rings. The van der Waals surface area contributed by atoms with Gasteiger partial charge in [0.05, 0.1) is 0 Å². The number of carbonyl (C=O) groups excluding carboxylic acids is 1. The van der Waals surface area contributed by atoms with Crippen molar-refractivity contribution < 1.29 is 9.90 Å². The lowest BCUT2D eigenvalue weighted by Gasteiger charge is -2.31. The summed E-state index contributed by atoms with van der Waals surface area (Å²) < 4.78 is 0. The molecule has 1 unspecified atom stereocenters. The van der Waals surface area contributed by atoms with Gasteiger partial charge in [-0.25, -0.2) is 0 Å². The zero-order chi connectivity index (χ0) is 17.4. The Morgan fingerprint density at radius 1 is 1.33 bits per heavy atom. The summed E-state index contributed by atoms with van der Waals surface area (Å²) in [6.45, 7) is 6.14. The first-order valence-electron chi connectivity index (χ1n) is 9.44. The zero-order valence-electron chi connectivity index (χ0n) is 15.1. The molecule has 0 bridgehead atoms. The molecule has 1 amide bonds. The van der Waals surface area contributed by atoms with Crippen LogP contribution in [0, 0.1) is 5.92 Å². The molecule has 1 atom stereocenters. The average molecular weight is 332 g/mol. The number of nitrogens with zero attached hydrogens (tertiary/aromatic N) is 1. The molecule has 0 saturated carbocycles. The van der Waals surface area contributed by atoms with Crippen molar-refractivity contribution in [3.63, 3.8) is 0 Å². The van der Waals surface area contributed by atoms with Gasteiger partial charge in [0, 0.05) is 37.0 Å². The molecule has 24 heavy (non-hydrogen) atoms. The molecule has 2 N–H and O–H groups in total. The molecule has 0 spiro atoms. The minimum Gasteiger partial charge on any atom is -0.396 e. The van der Waals surface area contributed by atoms with E-state index in [9.17, 15) is 9.90 Å². The molecule has 0 aliphatic carbocycles. The number of likely N-dealkylation sites (tertiary alicyclic amines) is 1. The van der Waals surface area contributed by atoms with Crippen molar-refractivity contribution in [3.8, 4) is 0 Å². The van der Waals surface area contributed by atoms with Crippen molar-refractivity contribution in [3.05, 3.63) is 29.8 Å².